The molecule has 0 radical (unpaired) electrons. The third-order valence-electron chi connectivity index (χ3n) is 3.99. The highest BCUT2D eigenvalue weighted by Gasteiger charge is 2.41. The van der Waals surface area contributed by atoms with Gasteiger partial charge in [0, 0.05) is 16.7 Å². The fourth-order valence-corrected chi connectivity index (χ4v) is 2.94. The van der Waals surface area contributed by atoms with Crippen LogP contribution in [-0.4, -0.2) is 16.6 Å². The SMILES string of the molecule is O=C(OC(c1ccccc1)(c1ccccc1)c1ccccc1)C(O)Cl. The van der Waals surface area contributed by atoms with Crippen molar-refractivity contribution in [3.63, 3.8) is 0 Å². The number of carbonyl (C=O) groups excluding carboxylic acids is 1. The summed E-state index contributed by atoms with van der Waals surface area (Å²) in [7, 11) is 0. The summed E-state index contributed by atoms with van der Waals surface area (Å²) in [5.74, 6) is -0.904. The molecule has 1 atom stereocenters. The first kappa shape index (κ1) is 17.2. The molecular formula is C21H17ClO3. The highest BCUT2D eigenvalue weighted by Crippen LogP contribution is 2.40. The van der Waals surface area contributed by atoms with Crippen LogP contribution in [0.2, 0.25) is 0 Å². The maximum absolute atomic E-state index is 12.3. The van der Waals surface area contributed by atoms with Crippen LogP contribution < -0.4 is 0 Å². The van der Waals surface area contributed by atoms with E-state index in [4.69, 9.17) is 16.3 Å². The smallest absolute Gasteiger partial charge is 0.352 e. The number of carbonyl (C=O) groups is 1. The Bertz CT molecular complexity index is 721. The second-order valence-corrected chi connectivity index (χ2v) is 5.95. The summed E-state index contributed by atoms with van der Waals surface area (Å²) in [6.45, 7) is 0. The molecule has 1 N–H and O–H groups in total. The van der Waals surface area contributed by atoms with Gasteiger partial charge >= 0.3 is 5.97 Å². The van der Waals surface area contributed by atoms with E-state index in [9.17, 15) is 9.90 Å². The van der Waals surface area contributed by atoms with E-state index >= 15 is 0 Å². The fraction of sp³-hybridized carbons (Fsp3) is 0.0952. The molecule has 0 aliphatic carbocycles. The quantitative estimate of drug-likeness (QED) is 0.427. The van der Waals surface area contributed by atoms with Crippen LogP contribution in [0.15, 0.2) is 91.0 Å². The van der Waals surface area contributed by atoms with Gasteiger partial charge in [0.15, 0.2) is 5.60 Å². The average Bonchev–Trinajstić information content (AvgIpc) is 2.68. The molecule has 0 spiro atoms. The zero-order valence-electron chi connectivity index (χ0n) is 13.4. The van der Waals surface area contributed by atoms with E-state index in [-0.39, 0.29) is 0 Å². The minimum Gasteiger partial charge on any atom is -0.441 e. The summed E-state index contributed by atoms with van der Waals surface area (Å²) in [4.78, 5) is 12.3. The predicted molar refractivity (Wildman–Crippen MR) is 97.2 cm³/mol. The molecule has 4 heteroatoms. The van der Waals surface area contributed by atoms with E-state index in [1.807, 2.05) is 91.0 Å². The molecule has 0 aliphatic heterocycles. The normalized spacial score (nSPS) is 12.4. The van der Waals surface area contributed by atoms with Gasteiger partial charge in [-0.15, -0.1) is 0 Å². The molecule has 0 aliphatic rings. The number of benzene rings is 3. The van der Waals surface area contributed by atoms with Crippen molar-refractivity contribution in [1.29, 1.82) is 0 Å². The monoisotopic (exact) mass is 352 g/mol. The van der Waals surface area contributed by atoms with Gasteiger partial charge in [-0.1, -0.05) is 103 Å². The van der Waals surface area contributed by atoms with Crippen LogP contribution in [0.3, 0.4) is 0 Å². The maximum atomic E-state index is 12.3. The summed E-state index contributed by atoms with van der Waals surface area (Å²) in [6.07, 6.45) is 0. The standard InChI is InChI=1S/C21H17ClO3/c22-19(23)20(24)25-21(16-10-4-1-5-11-16,17-12-6-2-7-13-17)18-14-8-3-9-15-18/h1-15,19,23H. The van der Waals surface area contributed by atoms with Crippen LogP contribution in [0.1, 0.15) is 16.7 Å². The zero-order valence-corrected chi connectivity index (χ0v) is 14.1. The highest BCUT2D eigenvalue weighted by atomic mass is 35.5. The summed E-state index contributed by atoms with van der Waals surface area (Å²) in [5, 5.41) is 9.52. The first-order chi connectivity index (χ1) is 12.1. The van der Waals surface area contributed by atoms with Gasteiger partial charge in [-0.3, -0.25) is 0 Å². The maximum Gasteiger partial charge on any atom is 0.352 e. The van der Waals surface area contributed by atoms with Crippen LogP contribution >= 0.6 is 11.6 Å². The Kier molecular flexibility index (Phi) is 5.17. The molecule has 126 valence electrons. The molecular weight excluding hydrogens is 336 g/mol. The van der Waals surface area contributed by atoms with Crippen molar-refractivity contribution in [2.45, 2.75) is 11.2 Å². The molecule has 3 nitrogen and oxygen atoms in total. The number of ether oxygens (including phenoxy) is 1. The molecule has 0 fully saturated rings. The Morgan fingerprint density at radius 2 is 1.08 bits per heavy atom. The molecule has 3 aromatic carbocycles. The number of alkyl halides is 1. The van der Waals surface area contributed by atoms with Crippen LogP contribution in [0, 0.1) is 0 Å². The van der Waals surface area contributed by atoms with Gasteiger partial charge in [0.05, 0.1) is 0 Å². The van der Waals surface area contributed by atoms with Crippen LogP contribution in [0.4, 0.5) is 0 Å². The first-order valence-corrected chi connectivity index (χ1v) is 8.30. The number of rotatable bonds is 5. The largest absolute Gasteiger partial charge is 0.441 e. The van der Waals surface area contributed by atoms with Crippen molar-refractivity contribution in [2.75, 3.05) is 0 Å². The van der Waals surface area contributed by atoms with Gasteiger partial charge < -0.3 is 9.84 Å². The lowest BCUT2D eigenvalue weighted by Gasteiger charge is -2.35. The van der Waals surface area contributed by atoms with Crippen LogP contribution in [-0.2, 0) is 15.1 Å². The molecule has 0 saturated carbocycles. The third kappa shape index (κ3) is 3.43. The number of hydrogen-bond donors (Lipinski definition) is 1. The van der Waals surface area contributed by atoms with Gasteiger partial charge in [-0.2, -0.15) is 0 Å². The van der Waals surface area contributed by atoms with Gasteiger partial charge in [0.1, 0.15) is 0 Å². The second-order valence-electron chi connectivity index (χ2n) is 5.54. The molecule has 1 unspecified atom stereocenters. The number of aliphatic hydroxyl groups excluding tert-OH is 1. The second kappa shape index (κ2) is 7.51. The van der Waals surface area contributed by atoms with Crippen molar-refractivity contribution in [3.05, 3.63) is 108 Å². The summed E-state index contributed by atoms with van der Waals surface area (Å²) >= 11 is 5.58. The topological polar surface area (TPSA) is 46.5 Å². The lowest BCUT2D eigenvalue weighted by atomic mass is 9.80. The molecule has 3 aromatic rings. The van der Waals surface area contributed by atoms with Crippen LogP contribution in [0.25, 0.3) is 0 Å². The van der Waals surface area contributed by atoms with Crippen molar-refractivity contribution in [2.24, 2.45) is 0 Å². The van der Waals surface area contributed by atoms with Gasteiger partial charge in [0.2, 0.25) is 5.56 Å². The Hall–Kier alpha value is -2.62. The minimum absolute atomic E-state index is 0.762. The third-order valence-corrected chi connectivity index (χ3v) is 4.17. The van der Waals surface area contributed by atoms with Crippen molar-refractivity contribution in [3.8, 4) is 0 Å². The van der Waals surface area contributed by atoms with Crippen molar-refractivity contribution in [1.82, 2.24) is 0 Å². The molecule has 0 saturated heterocycles. The van der Waals surface area contributed by atoms with E-state index in [1.54, 1.807) is 0 Å². The zero-order chi connectivity index (χ0) is 17.7. The van der Waals surface area contributed by atoms with E-state index < -0.39 is 17.1 Å². The van der Waals surface area contributed by atoms with E-state index in [0.717, 1.165) is 16.7 Å². The van der Waals surface area contributed by atoms with Gasteiger partial charge in [0.25, 0.3) is 0 Å². The number of aliphatic hydroxyl groups is 1. The molecule has 25 heavy (non-hydrogen) atoms. The summed E-state index contributed by atoms with van der Waals surface area (Å²) in [5.41, 5.74) is -0.666. The number of hydrogen-bond acceptors (Lipinski definition) is 3. The number of esters is 1. The van der Waals surface area contributed by atoms with E-state index in [0.29, 0.717) is 0 Å². The average molecular weight is 353 g/mol. The molecule has 3 rings (SSSR count). The van der Waals surface area contributed by atoms with Gasteiger partial charge in [-0.05, 0) is 0 Å². The van der Waals surface area contributed by atoms with Gasteiger partial charge in [-0.25, -0.2) is 4.79 Å². The molecule has 0 amide bonds. The Morgan fingerprint density at radius 3 is 1.36 bits per heavy atom. The van der Waals surface area contributed by atoms with Crippen LogP contribution in [0.5, 0.6) is 0 Å². The molecule has 0 heterocycles. The fourth-order valence-electron chi connectivity index (χ4n) is 2.89. The molecule has 0 aromatic heterocycles. The number of halogens is 1. The molecule has 0 bridgehead atoms. The lowest BCUT2D eigenvalue weighted by Crippen LogP contribution is -2.37. The first-order valence-electron chi connectivity index (χ1n) is 7.86. The van der Waals surface area contributed by atoms with Crippen molar-refractivity contribution >= 4 is 17.6 Å². The Labute approximate surface area is 151 Å². The van der Waals surface area contributed by atoms with Crippen molar-refractivity contribution < 1.29 is 14.6 Å². The Morgan fingerprint density at radius 1 is 0.760 bits per heavy atom. The van der Waals surface area contributed by atoms with E-state index in [2.05, 4.69) is 0 Å². The summed E-state index contributed by atoms with van der Waals surface area (Å²) < 4.78 is 5.84. The lowest BCUT2D eigenvalue weighted by molar-refractivity contribution is -0.159. The highest BCUT2D eigenvalue weighted by molar-refractivity contribution is 6.28. The Balaban J connectivity index is 2.29. The summed E-state index contributed by atoms with van der Waals surface area (Å²) in [6, 6.07) is 28.2. The van der Waals surface area contributed by atoms with E-state index in [1.165, 1.54) is 0 Å². The minimum atomic E-state index is -1.74. The predicted octanol–water partition coefficient (Wildman–Crippen LogP) is 4.08.